The normalized spacial score (nSPS) is 13.5. The van der Waals surface area contributed by atoms with Crippen LogP contribution in [0.15, 0.2) is 36.4 Å². The SMILES string of the molecule is O=C(c1ccc2c(c1)CCCO2)c1ccc(Cl)cc1F. The van der Waals surface area contributed by atoms with Gasteiger partial charge in [-0.1, -0.05) is 11.6 Å². The third-order valence-electron chi connectivity index (χ3n) is 3.35. The number of aryl methyl sites for hydroxylation is 1. The summed E-state index contributed by atoms with van der Waals surface area (Å²) in [6, 6.07) is 9.30. The molecule has 0 amide bonds. The Morgan fingerprint density at radius 1 is 1.20 bits per heavy atom. The number of ketones is 1. The molecule has 2 aromatic carbocycles. The van der Waals surface area contributed by atoms with Crippen LogP contribution in [0.1, 0.15) is 27.9 Å². The first-order valence-electron chi connectivity index (χ1n) is 6.40. The van der Waals surface area contributed by atoms with Crippen molar-refractivity contribution in [3.8, 4) is 5.75 Å². The van der Waals surface area contributed by atoms with Gasteiger partial charge in [-0.25, -0.2) is 4.39 Å². The van der Waals surface area contributed by atoms with Crippen molar-refractivity contribution in [2.45, 2.75) is 12.8 Å². The molecule has 0 bridgehead atoms. The van der Waals surface area contributed by atoms with E-state index in [1.54, 1.807) is 18.2 Å². The van der Waals surface area contributed by atoms with Crippen LogP contribution in [0.4, 0.5) is 4.39 Å². The highest BCUT2D eigenvalue weighted by Crippen LogP contribution is 2.27. The number of fused-ring (bicyclic) bond motifs is 1. The highest BCUT2D eigenvalue weighted by atomic mass is 35.5. The van der Waals surface area contributed by atoms with Gasteiger partial charge in [-0.05, 0) is 54.8 Å². The minimum atomic E-state index is -0.600. The number of carbonyl (C=O) groups is 1. The molecule has 1 aliphatic heterocycles. The van der Waals surface area contributed by atoms with Crippen LogP contribution in [-0.4, -0.2) is 12.4 Å². The molecule has 0 atom stereocenters. The van der Waals surface area contributed by atoms with Crippen molar-refractivity contribution in [2.75, 3.05) is 6.61 Å². The summed E-state index contributed by atoms with van der Waals surface area (Å²) in [4.78, 5) is 12.3. The zero-order valence-electron chi connectivity index (χ0n) is 10.7. The maximum Gasteiger partial charge on any atom is 0.195 e. The number of ether oxygens (including phenoxy) is 1. The quantitative estimate of drug-likeness (QED) is 0.781. The Kier molecular flexibility index (Phi) is 3.45. The van der Waals surface area contributed by atoms with Crippen LogP contribution in [0.25, 0.3) is 0 Å². The van der Waals surface area contributed by atoms with Gasteiger partial charge in [-0.3, -0.25) is 4.79 Å². The fraction of sp³-hybridized carbons (Fsp3) is 0.188. The molecule has 2 nitrogen and oxygen atoms in total. The van der Waals surface area contributed by atoms with E-state index in [0.29, 0.717) is 12.2 Å². The average molecular weight is 291 g/mol. The molecule has 2 aromatic rings. The second kappa shape index (κ2) is 5.25. The first kappa shape index (κ1) is 13.1. The van der Waals surface area contributed by atoms with E-state index in [4.69, 9.17) is 16.3 Å². The lowest BCUT2D eigenvalue weighted by atomic mass is 9.98. The van der Waals surface area contributed by atoms with E-state index < -0.39 is 5.82 Å². The number of hydrogen-bond acceptors (Lipinski definition) is 2. The number of hydrogen-bond donors (Lipinski definition) is 0. The molecule has 0 radical (unpaired) electrons. The van der Waals surface area contributed by atoms with Gasteiger partial charge in [0.25, 0.3) is 0 Å². The van der Waals surface area contributed by atoms with Crippen molar-refractivity contribution in [1.29, 1.82) is 0 Å². The zero-order chi connectivity index (χ0) is 14.1. The lowest BCUT2D eigenvalue weighted by Crippen LogP contribution is -2.10. The van der Waals surface area contributed by atoms with Gasteiger partial charge in [-0.15, -0.1) is 0 Å². The third kappa shape index (κ3) is 2.41. The van der Waals surface area contributed by atoms with Gasteiger partial charge in [-0.2, -0.15) is 0 Å². The fourth-order valence-electron chi connectivity index (χ4n) is 2.33. The molecule has 0 unspecified atom stereocenters. The molecule has 0 N–H and O–H groups in total. The molecule has 4 heteroatoms. The molecule has 0 saturated carbocycles. The monoisotopic (exact) mass is 290 g/mol. The van der Waals surface area contributed by atoms with Crippen molar-refractivity contribution in [3.63, 3.8) is 0 Å². The number of carbonyl (C=O) groups excluding carboxylic acids is 1. The van der Waals surface area contributed by atoms with Gasteiger partial charge in [0, 0.05) is 10.6 Å². The molecule has 0 aliphatic carbocycles. The molecule has 102 valence electrons. The second-order valence-electron chi connectivity index (χ2n) is 4.73. The predicted molar refractivity (Wildman–Crippen MR) is 75.1 cm³/mol. The van der Waals surface area contributed by atoms with E-state index in [9.17, 15) is 9.18 Å². The van der Waals surface area contributed by atoms with Crippen molar-refractivity contribution >= 4 is 17.4 Å². The molecular weight excluding hydrogens is 279 g/mol. The van der Waals surface area contributed by atoms with E-state index in [-0.39, 0.29) is 16.4 Å². The van der Waals surface area contributed by atoms with Crippen LogP contribution in [0.2, 0.25) is 5.02 Å². The summed E-state index contributed by atoms with van der Waals surface area (Å²) in [7, 11) is 0. The summed E-state index contributed by atoms with van der Waals surface area (Å²) in [5.41, 5.74) is 1.50. The summed E-state index contributed by atoms with van der Waals surface area (Å²) in [5.74, 6) is -0.131. The highest BCUT2D eigenvalue weighted by Gasteiger charge is 2.17. The summed E-state index contributed by atoms with van der Waals surface area (Å²) in [5, 5.41) is 0.276. The molecule has 0 saturated heterocycles. The van der Waals surface area contributed by atoms with E-state index in [1.807, 2.05) is 0 Å². The summed E-state index contributed by atoms with van der Waals surface area (Å²) in [6.45, 7) is 0.701. The minimum Gasteiger partial charge on any atom is -0.493 e. The Morgan fingerprint density at radius 2 is 2.05 bits per heavy atom. The van der Waals surface area contributed by atoms with Crippen LogP contribution >= 0.6 is 11.6 Å². The Labute approximate surface area is 121 Å². The maximum atomic E-state index is 13.8. The van der Waals surface area contributed by atoms with Crippen molar-refractivity contribution in [3.05, 3.63) is 63.9 Å². The van der Waals surface area contributed by atoms with Crippen molar-refractivity contribution < 1.29 is 13.9 Å². The molecule has 20 heavy (non-hydrogen) atoms. The first-order valence-corrected chi connectivity index (χ1v) is 6.78. The molecular formula is C16H12ClFO2. The predicted octanol–water partition coefficient (Wildman–Crippen LogP) is 4.04. The van der Waals surface area contributed by atoms with Crippen LogP contribution in [0, 0.1) is 5.82 Å². The molecule has 0 spiro atoms. The highest BCUT2D eigenvalue weighted by molar-refractivity contribution is 6.30. The van der Waals surface area contributed by atoms with Crippen molar-refractivity contribution in [2.24, 2.45) is 0 Å². The number of rotatable bonds is 2. The van der Waals surface area contributed by atoms with Gasteiger partial charge >= 0.3 is 0 Å². The minimum absolute atomic E-state index is 0.0334. The topological polar surface area (TPSA) is 26.3 Å². The lowest BCUT2D eigenvalue weighted by molar-refractivity contribution is 0.103. The van der Waals surface area contributed by atoms with Crippen molar-refractivity contribution in [1.82, 2.24) is 0 Å². The van der Waals surface area contributed by atoms with E-state index in [1.165, 1.54) is 12.1 Å². The number of benzene rings is 2. The van der Waals surface area contributed by atoms with Gasteiger partial charge in [0.05, 0.1) is 12.2 Å². The van der Waals surface area contributed by atoms with Crippen LogP contribution < -0.4 is 4.74 Å². The zero-order valence-corrected chi connectivity index (χ0v) is 11.4. The van der Waals surface area contributed by atoms with Gasteiger partial charge in [0.1, 0.15) is 11.6 Å². The molecule has 3 rings (SSSR count). The van der Waals surface area contributed by atoms with E-state index in [0.717, 1.165) is 30.2 Å². The van der Waals surface area contributed by atoms with Crippen LogP contribution in [0.5, 0.6) is 5.75 Å². The summed E-state index contributed by atoms with van der Waals surface area (Å²) < 4.78 is 19.3. The van der Waals surface area contributed by atoms with E-state index >= 15 is 0 Å². The fourth-order valence-corrected chi connectivity index (χ4v) is 2.49. The Bertz CT molecular complexity index is 682. The second-order valence-corrected chi connectivity index (χ2v) is 5.16. The standard InChI is InChI=1S/C16H12ClFO2/c17-12-4-5-13(14(18)9-12)16(19)11-3-6-15-10(8-11)2-1-7-20-15/h3-6,8-9H,1-2,7H2. The van der Waals surface area contributed by atoms with Gasteiger partial charge in [0.15, 0.2) is 5.78 Å². The molecule has 1 aliphatic rings. The van der Waals surface area contributed by atoms with Crippen LogP contribution in [-0.2, 0) is 6.42 Å². The van der Waals surface area contributed by atoms with Crippen LogP contribution in [0.3, 0.4) is 0 Å². The van der Waals surface area contributed by atoms with Gasteiger partial charge in [0.2, 0.25) is 0 Å². The molecule has 1 heterocycles. The third-order valence-corrected chi connectivity index (χ3v) is 3.58. The smallest absolute Gasteiger partial charge is 0.195 e. The maximum absolute atomic E-state index is 13.8. The molecule has 0 aromatic heterocycles. The Hall–Kier alpha value is -1.87. The first-order chi connectivity index (χ1) is 9.65. The van der Waals surface area contributed by atoms with Gasteiger partial charge < -0.3 is 4.74 Å². The Balaban J connectivity index is 1.98. The number of halogens is 2. The summed E-state index contributed by atoms with van der Waals surface area (Å²) >= 11 is 5.69. The lowest BCUT2D eigenvalue weighted by Gasteiger charge is -2.17. The average Bonchev–Trinajstić information content (AvgIpc) is 2.46. The summed E-state index contributed by atoms with van der Waals surface area (Å²) in [6.07, 6.45) is 1.81. The molecule has 0 fully saturated rings. The van der Waals surface area contributed by atoms with E-state index in [2.05, 4.69) is 0 Å². The Morgan fingerprint density at radius 3 is 2.85 bits per heavy atom. The largest absolute Gasteiger partial charge is 0.493 e.